The lowest BCUT2D eigenvalue weighted by atomic mass is 10.3. The number of nitrogen functional groups attached to an aromatic ring is 1. The molecule has 0 spiro atoms. The number of carbonyl (C=O) groups excluding carboxylic acids is 2. The van der Waals surface area contributed by atoms with Crippen molar-refractivity contribution < 1.29 is 9.59 Å². The Bertz CT molecular complexity index is 440. The van der Waals surface area contributed by atoms with Crippen LogP contribution < -0.4 is 16.4 Å². The number of amides is 3. The topological polar surface area (TPSA) is 84.2 Å². The Labute approximate surface area is 108 Å². The van der Waals surface area contributed by atoms with Gasteiger partial charge in [0, 0.05) is 22.7 Å². The van der Waals surface area contributed by atoms with Crippen molar-refractivity contribution in [3.05, 3.63) is 23.2 Å². The first-order chi connectivity index (χ1) is 8.02. The molecule has 5 nitrogen and oxygen atoms in total. The number of hydrogen-bond donors (Lipinski definition) is 3. The number of thioether (sulfide) groups is 1. The van der Waals surface area contributed by atoms with Crippen molar-refractivity contribution in [1.82, 2.24) is 10.6 Å². The molecule has 17 heavy (non-hydrogen) atoms. The number of urea groups is 1. The van der Waals surface area contributed by atoms with E-state index in [1.54, 1.807) is 18.2 Å². The SMILES string of the molecule is CNC(=O)NC(=O)CSc1cc(Cl)ccc1N. The zero-order chi connectivity index (χ0) is 12.8. The molecule has 1 aromatic rings. The third-order valence-electron chi connectivity index (χ3n) is 1.81. The highest BCUT2D eigenvalue weighted by Crippen LogP contribution is 2.27. The van der Waals surface area contributed by atoms with Crippen molar-refractivity contribution in [3.8, 4) is 0 Å². The standard InChI is InChI=1S/C10H12ClN3O2S/c1-13-10(16)14-9(15)5-17-8-4-6(11)2-3-7(8)12/h2-4H,5,12H2,1H3,(H2,13,14,15,16). The summed E-state index contributed by atoms with van der Waals surface area (Å²) in [5.74, 6) is -0.299. The maximum absolute atomic E-state index is 11.3. The maximum Gasteiger partial charge on any atom is 0.321 e. The van der Waals surface area contributed by atoms with Gasteiger partial charge in [0.2, 0.25) is 5.91 Å². The van der Waals surface area contributed by atoms with Crippen molar-refractivity contribution in [2.45, 2.75) is 4.90 Å². The average Bonchev–Trinajstić information content (AvgIpc) is 2.30. The molecule has 92 valence electrons. The molecular formula is C10H12ClN3O2S. The summed E-state index contributed by atoms with van der Waals surface area (Å²) in [4.78, 5) is 22.9. The van der Waals surface area contributed by atoms with Gasteiger partial charge < -0.3 is 11.1 Å². The van der Waals surface area contributed by atoms with E-state index in [9.17, 15) is 9.59 Å². The van der Waals surface area contributed by atoms with E-state index in [1.165, 1.54) is 18.8 Å². The van der Waals surface area contributed by atoms with Crippen LogP contribution in [0.4, 0.5) is 10.5 Å². The third kappa shape index (κ3) is 4.54. The molecule has 0 aliphatic heterocycles. The second kappa shape index (κ2) is 6.36. The summed E-state index contributed by atoms with van der Waals surface area (Å²) < 4.78 is 0. The highest BCUT2D eigenvalue weighted by molar-refractivity contribution is 8.00. The Morgan fingerprint density at radius 2 is 2.18 bits per heavy atom. The molecule has 0 radical (unpaired) electrons. The van der Waals surface area contributed by atoms with Crippen LogP contribution in [0, 0.1) is 0 Å². The van der Waals surface area contributed by atoms with Gasteiger partial charge in [-0.1, -0.05) is 11.6 Å². The van der Waals surface area contributed by atoms with Gasteiger partial charge in [-0.3, -0.25) is 10.1 Å². The molecular weight excluding hydrogens is 262 g/mol. The summed E-state index contributed by atoms with van der Waals surface area (Å²) in [6.45, 7) is 0. The summed E-state index contributed by atoms with van der Waals surface area (Å²) >= 11 is 7.03. The molecule has 0 bridgehead atoms. The number of hydrogen-bond acceptors (Lipinski definition) is 4. The summed E-state index contributed by atoms with van der Waals surface area (Å²) in [5, 5.41) is 4.99. The van der Waals surface area contributed by atoms with E-state index in [1.807, 2.05) is 0 Å². The van der Waals surface area contributed by atoms with Gasteiger partial charge in [-0.05, 0) is 18.2 Å². The molecule has 1 aromatic carbocycles. The number of nitrogens with one attached hydrogen (secondary N) is 2. The van der Waals surface area contributed by atoms with Gasteiger partial charge in [-0.25, -0.2) is 4.79 Å². The minimum absolute atomic E-state index is 0.0952. The number of anilines is 1. The first kappa shape index (κ1) is 13.7. The van der Waals surface area contributed by atoms with Crippen LogP contribution in [0.1, 0.15) is 0 Å². The second-order valence-electron chi connectivity index (χ2n) is 3.10. The van der Waals surface area contributed by atoms with E-state index < -0.39 is 11.9 Å². The largest absolute Gasteiger partial charge is 0.398 e. The highest BCUT2D eigenvalue weighted by Gasteiger charge is 2.08. The van der Waals surface area contributed by atoms with Crippen molar-refractivity contribution in [1.29, 1.82) is 0 Å². The predicted molar refractivity (Wildman–Crippen MR) is 69.2 cm³/mol. The van der Waals surface area contributed by atoms with Gasteiger partial charge in [-0.2, -0.15) is 0 Å². The lowest BCUT2D eigenvalue weighted by Crippen LogP contribution is -2.38. The quantitative estimate of drug-likeness (QED) is 0.575. The van der Waals surface area contributed by atoms with Gasteiger partial charge in [0.05, 0.1) is 5.75 Å². The van der Waals surface area contributed by atoms with Crippen LogP contribution in [0.2, 0.25) is 5.02 Å². The summed E-state index contributed by atoms with van der Waals surface area (Å²) in [7, 11) is 1.44. The van der Waals surface area contributed by atoms with E-state index in [4.69, 9.17) is 17.3 Å². The summed E-state index contributed by atoms with van der Waals surface area (Å²) in [5.41, 5.74) is 6.26. The third-order valence-corrected chi connectivity index (χ3v) is 3.12. The van der Waals surface area contributed by atoms with E-state index in [-0.39, 0.29) is 5.75 Å². The molecule has 0 aliphatic carbocycles. The monoisotopic (exact) mass is 273 g/mol. The Hall–Kier alpha value is -1.40. The molecule has 0 fully saturated rings. The van der Waals surface area contributed by atoms with Crippen LogP contribution in [-0.2, 0) is 4.79 Å². The van der Waals surface area contributed by atoms with Crippen molar-refractivity contribution in [3.63, 3.8) is 0 Å². The first-order valence-corrected chi connectivity index (χ1v) is 6.08. The van der Waals surface area contributed by atoms with E-state index in [2.05, 4.69) is 10.6 Å². The normalized spacial score (nSPS) is 9.76. The average molecular weight is 274 g/mol. The Kier molecular flexibility index (Phi) is 5.11. The maximum atomic E-state index is 11.3. The number of carbonyl (C=O) groups is 2. The lowest BCUT2D eigenvalue weighted by molar-refractivity contribution is -0.117. The molecule has 0 aromatic heterocycles. The van der Waals surface area contributed by atoms with E-state index in [0.29, 0.717) is 15.6 Å². The Morgan fingerprint density at radius 1 is 1.47 bits per heavy atom. The van der Waals surface area contributed by atoms with Crippen LogP contribution in [0.15, 0.2) is 23.1 Å². The highest BCUT2D eigenvalue weighted by atomic mass is 35.5. The van der Waals surface area contributed by atoms with Gasteiger partial charge >= 0.3 is 6.03 Å². The smallest absolute Gasteiger partial charge is 0.321 e. The number of nitrogens with two attached hydrogens (primary N) is 1. The minimum atomic E-state index is -0.533. The number of benzene rings is 1. The zero-order valence-corrected chi connectivity index (χ0v) is 10.7. The van der Waals surface area contributed by atoms with Gasteiger partial charge in [0.15, 0.2) is 0 Å². The van der Waals surface area contributed by atoms with Crippen LogP contribution in [0.3, 0.4) is 0 Å². The van der Waals surface area contributed by atoms with Crippen molar-refractivity contribution in [2.75, 3.05) is 18.5 Å². The number of rotatable bonds is 3. The fraction of sp³-hybridized carbons (Fsp3) is 0.200. The molecule has 0 heterocycles. The van der Waals surface area contributed by atoms with E-state index in [0.717, 1.165) is 0 Å². The Balaban J connectivity index is 2.53. The molecule has 3 amide bonds. The molecule has 0 unspecified atom stereocenters. The molecule has 0 atom stereocenters. The molecule has 7 heteroatoms. The first-order valence-electron chi connectivity index (χ1n) is 4.72. The second-order valence-corrected chi connectivity index (χ2v) is 4.55. The molecule has 1 rings (SSSR count). The fourth-order valence-electron chi connectivity index (χ4n) is 1.00. The predicted octanol–water partition coefficient (Wildman–Crippen LogP) is 1.47. The van der Waals surface area contributed by atoms with Crippen LogP contribution >= 0.6 is 23.4 Å². The zero-order valence-electron chi connectivity index (χ0n) is 9.12. The van der Waals surface area contributed by atoms with Crippen molar-refractivity contribution in [2.24, 2.45) is 0 Å². The number of halogens is 1. The van der Waals surface area contributed by atoms with Gasteiger partial charge in [-0.15, -0.1) is 11.8 Å². The van der Waals surface area contributed by atoms with E-state index >= 15 is 0 Å². The van der Waals surface area contributed by atoms with Crippen LogP contribution in [0.25, 0.3) is 0 Å². The number of imide groups is 1. The van der Waals surface area contributed by atoms with Gasteiger partial charge in [0.25, 0.3) is 0 Å². The molecule has 0 aliphatic rings. The lowest BCUT2D eigenvalue weighted by Gasteiger charge is -2.06. The minimum Gasteiger partial charge on any atom is -0.398 e. The molecule has 0 saturated heterocycles. The summed E-state index contributed by atoms with van der Waals surface area (Å²) in [6, 6.07) is 4.48. The fourth-order valence-corrected chi connectivity index (χ4v) is 2.04. The molecule has 4 N–H and O–H groups in total. The molecule has 0 saturated carbocycles. The summed E-state index contributed by atoms with van der Waals surface area (Å²) in [6.07, 6.45) is 0. The van der Waals surface area contributed by atoms with Crippen molar-refractivity contribution >= 4 is 41.0 Å². The van der Waals surface area contributed by atoms with Gasteiger partial charge in [0.1, 0.15) is 0 Å². The van der Waals surface area contributed by atoms with Crippen LogP contribution in [0.5, 0.6) is 0 Å². The Morgan fingerprint density at radius 3 is 2.82 bits per heavy atom. The van der Waals surface area contributed by atoms with Crippen LogP contribution in [-0.4, -0.2) is 24.7 Å².